The van der Waals surface area contributed by atoms with Gasteiger partial charge in [0.25, 0.3) is 0 Å². The molecule has 4 heteroatoms. The van der Waals surface area contributed by atoms with E-state index in [0.717, 1.165) is 35.2 Å². The van der Waals surface area contributed by atoms with E-state index in [-0.39, 0.29) is 5.56 Å². The van der Waals surface area contributed by atoms with Gasteiger partial charge < -0.3 is 10.0 Å². The molecule has 0 amide bonds. The molecule has 0 atom stereocenters. The number of carbonyl (C=O) groups is 1. The summed E-state index contributed by atoms with van der Waals surface area (Å²) < 4.78 is 0. The summed E-state index contributed by atoms with van der Waals surface area (Å²) in [6.45, 7) is 7.58. The molecule has 1 N–H and O–H groups in total. The number of carboxylic acids is 1. The zero-order chi connectivity index (χ0) is 14.0. The lowest BCUT2D eigenvalue weighted by atomic mass is 10.1. The van der Waals surface area contributed by atoms with E-state index in [1.807, 2.05) is 39.0 Å². The third-order valence-electron chi connectivity index (χ3n) is 3.31. The summed E-state index contributed by atoms with van der Waals surface area (Å²) in [6, 6.07) is 5.92. The average Bonchev–Trinajstić information content (AvgIpc) is 2.40. The molecule has 19 heavy (non-hydrogen) atoms. The van der Waals surface area contributed by atoms with E-state index in [0.29, 0.717) is 0 Å². The second-order valence-electron chi connectivity index (χ2n) is 4.52. The van der Waals surface area contributed by atoms with Crippen LogP contribution in [0.1, 0.15) is 29.8 Å². The number of carboxylic acid groups (broad SMARTS) is 1. The van der Waals surface area contributed by atoms with Gasteiger partial charge in [0.05, 0.1) is 11.2 Å². The summed E-state index contributed by atoms with van der Waals surface area (Å²) in [6.07, 6.45) is 1.45. The minimum atomic E-state index is -0.933. The van der Waals surface area contributed by atoms with E-state index in [1.54, 1.807) is 0 Å². The molecule has 2 aromatic rings. The highest BCUT2D eigenvalue weighted by molar-refractivity contribution is 6.04. The van der Waals surface area contributed by atoms with Crippen molar-refractivity contribution in [3.8, 4) is 0 Å². The van der Waals surface area contributed by atoms with E-state index in [1.165, 1.54) is 6.20 Å². The van der Waals surface area contributed by atoms with Gasteiger partial charge in [-0.2, -0.15) is 0 Å². The second-order valence-corrected chi connectivity index (χ2v) is 4.52. The second kappa shape index (κ2) is 5.26. The quantitative estimate of drug-likeness (QED) is 0.915. The van der Waals surface area contributed by atoms with Crippen LogP contribution < -0.4 is 4.90 Å². The van der Waals surface area contributed by atoms with Crippen molar-refractivity contribution in [2.45, 2.75) is 20.8 Å². The third kappa shape index (κ3) is 2.38. The number of aromatic nitrogens is 1. The molecule has 0 aliphatic heterocycles. The number of hydrogen-bond acceptors (Lipinski definition) is 3. The number of fused-ring (bicyclic) bond motifs is 1. The molecule has 0 bridgehead atoms. The monoisotopic (exact) mass is 258 g/mol. The molecule has 0 radical (unpaired) electrons. The summed E-state index contributed by atoms with van der Waals surface area (Å²) in [5, 5.41) is 10.3. The van der Waals surface area contributed by atoms with E-state index in [2.05, 4.69) is 9.88 Å². The Bertz CT molecular complexity index is 619. The Morgan fingerprint density at radius 3 is 2.58 bits per heavy atom. The number of anilines is 1. The lowest BCUT2D eigenvalue weighted by Gasteiger charge is -2.24. The first kappa shape index (κ1) is 13.3. The fourth-order valence-electron chi connectivity index (χ4n) is 2.33. The summed E-state index contributed by atoms with van der Waals surface area (Å²) in [7, 11) is 0. The van der Waals surface area contributed by atoms with Crippen molar-refractivity contribution in [2.24, 2.45) is 0 Å². The molecule has 0 fully saturated rings. The maximum atomic E-state index is 11.4. The maximum Gasteiger partial charge on any atom is 0.339 e. The highest BCUT2D eigenvalue weighted by atomic mass is 16.4. The molecule has 100 valence electrons. The molecule has 4 nitrogen and oxygen atoms in total. The molecule has 2 rings (SSSR count). The predicted octanol–water partition coefficient (Wildman–Crippen LogP) is 3.09. The van der Waals surface area contributed by atoms with Crippen molar-refractivity contribution in [2.75, 3.05) is 18.0 Å². The van der Waals surface area contributed by atoms with Gasteiger partial charge in [-0.1, -0.05) is 11.6 Å². The maximum absolute atomic E-state index is 11.4. The minimum absolute atomic E-state index is 0.266. The molecular weight excluding hydrogens is 240 g/mol. The lowest BCUT2D eigenvalue weighted by Crippen LogP contribution is -2.24. The Labute approximate surface area is 112 Å². The number of aromatic carboxylic acids is 1. The first-order valence-corrected chi connectivity index (χ1v) is 6.46. The van der Waals surface area contributed by atoms with E-state index >= 15 is 0 Å². The molecule has 0 aliphatic rings. The number of rotatable bonds is 4. The van der Waals surface area contributed by atoms with Crippen LogP contribution in [-0.4, -0.2) is 29.1 Å². The van der Waals surface area contributed by atoms with Crippen molar-refractivity contribution in [3.05, 3.63) is 35.5 Å². The van der Waals surface area contributed by atoms with Crippen molar-refractivity contribution in [1.29, 1.82) is 0 Å². The highest BCUT2D eigenvalue weighted by Gasteiger charge is 2.18. The van der Waals surface area contributed by atoms with Crippen molar-refractivity contribution in [3.63, 3.8) is 0 Å². The van der Waals surface area contributed by atoms with Crippen LogP contribution in [0.25, 0.3) is 10.9 Å². The number of hydrogen-bond donors (Lipinski definition) is 1. The number of benzene rings is 1. The normalized spacial score (nSPS) is 10.7. The Hall–Kier alpha value is -2.10. The zero-order valence-corrected chi connectivity index (χ0v) is 11.5. The van der Waals surface area contributed by atoms with E-state index < -0.39 is 5.97 Å². The van der Waals surface area contributed by atoms with E-state index in [4.69, 9.17) is 0 Å². The van der Waals surface area contributed by atoms with Crippen LogP contribution in [0.4, 0.5) is 5.69 Å². The van der Waals surface area contributed by atoms with Gasteiger partial charge in [-0.05, 0) is 32.9 Å². The molecule has 1 heterocycles. The average molecular weight is 258 g/mol. The minimum Gasteiger partial charge on any atom is -0.478 e. The lowest BCUT2D eigenvalue weighted by molar-refractivity contribution is 0.0697. The Kier molecular flexibility index (Phi) is 3.69. The SMILES string of the molecule is CCN(CC)c1c(C(=O)O)cnc2ccc(C)cc12. The fraction of sp³-hybridized carbons (Fsp3) is 0.333. The first-order valence-electron chi connectivity index (χ1n) is 6.46. The van der Waals surface area contributed by atoms with Gasteiger partial charge >= 0.3 is 5.97 Å². The molecule has 0 aliphatic carbocycles. The van der Waals surface area contributed by atoms with Gasteiger partial charge in [-0.3, -0.25) is 4.98 Å². The molecular formula is C15H18N2O2. The van der Waals surface area contributed by atoms with Gasteiger partial charge in [0.15, 0.2) is 0 Å². The van der Waals surface area contributed by atoms with Crippen LogP contribution in [-0.2, 0) is 0 Å². The molecule has 0 unspecified atom stereocenters. The Morgan fingerprint density at radius 2 is 2.00 bits per heavy atom. The molecule has 0 spiro atoms. The van der Waals surface area contributed by atoms with Gasteiger partial charge in [0.1, 0.15) is 5.56 Å². The van der Waals surface area contributed by atoms with Crippen LogP contribution >= 0.6 is 0 Å². The summed E-state index contributed by atoms with van der Waals surface area (Å²) in [4.78, 5) is 17.7. The van der Waals surface area contributed by atoms with E-state index in [9.17, 15) is 9.90 Å². The van der Waals surface area contributed by atoms with Gasteiger partial charge in [-0.25, -0.2) is 4.79 Å². The summed E-state index contributed by atoms with van der Waals surface area (Å²) >= 11 is 0. The van der Waals surface area contributed by atoms with Crippen LogP contribution in [0.5, 0.6) is 0 Å². The highest BCUT2D eigenvalue weighted by Crippen LogP contribution is 2.30. The Morgan fingerprint density at radius 1 is 1.32 bits per heavy atom. The van der Waals surface area contributed by atoms with Gasteiger partial charge in [-0.15, -0.1) is 0 Å². The molecule has 0 saturated carbocycles. The van der Waals surface area contributed by atoms with Gasteiger partial charge in [0, 0.05) is 24.7 Å². The van der Waals surface area contributed by atoms with Crippen molar-refractivity contribution in [1.82, 2.24) is 4.98 Å². The van der Waals surface area contributed by atoms with Crippen LogP contribution in [0.15, 0.2) is 24.4 Å². The fourth-order valence-corrected chi connectivity index (χ4v) is 2.33. The summed E-state index contributed by atoms with van der Waals surface area (Å²) in [5.74, 6) is -0.933. The smallest absolute Gasteiger partial charge is 0.339 e. The number of nitrogens with zero attached hydrogens (tertiary/aromatic N) is 2. The largest absolute Gasteiger partial charge is 0.478 e. The zero-order valence-electron chi connectivity index (χ0n) is 11.5. The number of aryl methyl sites for hydroxylation is 1. The Balaban J connectivity index is 2.82. The topological polar surface area (TPSA) is 53.4 Å². The van der Waals surface area contributed by atoms with Crippen molar-refractivity contribution < 1.29 is 9.90 Å². The van der Waals surface area contributed by atoms with Crippen LogP contribution in [0, 0.1) is 6.92 Å². The third-order valence-corrected chi connectivity index (χ3v) is 3.31. The van der Waals surface area contributed by atoms with Gasteiger partial charge in [0.2, 0.25) is 0 Å². The predicted molar refractivity (Wildman–Crippen MR) is 77.0 cm³/mol. The summed E-state index contributed by atoms with van der Waals surface area (Å²) in [5.41, 5.74) is 2.97. The standard InChI is InChI=1S/C15H18N2O2/c1-4-17(5-2)14-11-8-10(3)6-7-13(11)16-9-12(14)15(18)19/h6-9H,4-5H2,1-3H3,(H,18,19). The van der Waals surface area contributed by atoms with Crippen molar-refractivity contribution >= 4 is 22.6 Å². The van der Waals surface area contributed by atoms with Crippen LogP contribution in [0.2, 0.25) is 0 Å². The number of pyridine rings is 1. The van der Waals surface area contributed by atoms with Crippen LogP contribution in [0.3, 0.4) is 0 Å². The molecule has 1 aromatic carbocycles. The molecule has 1 aromatic heterocycles. The first-order chi connectivity index (χ1) is 9.08. The molecule has 0 saturated heterocycles.